The van der Waals surface area contributed by atoms with E-state index in [1.54, 1.807) is 18.3 Å². The van der Waals surface area contributed by atoms with Crippen LogP contribution in [-0.4, -0.2) is 4.98 Å². The number of aryl methyl sites for hydroxylation is 2. The number of nitrogens with zero attached hydrogens (tertiary/aromatic N) is 1. The molecule has 128 valence electrons. The molecule has 0 amide bonds. The number of hydrogen-bond acceptors (Lipinski definition) is 1. The van der Waals surface area contributed by atoms with E-state index in [-0.39, 0.29) is 0 Å². The fraction of sp³-hybridized carbons (Fsp3) is 0.292. The summed E-state index contributed by atoms with van der Waals surface area (Å²) in [6.07, 6.45) is 0.0633. The molecule has 0 aliphatic carbocycles. The maximum absolute atomic E-state index is 8.44. The Bertz CT molecular complexity index is 1030. The first-order chi connectivity index (χ1) is 13.8. The van der Waals surface area contributed by atoms with Gasteiger partial charge in [0.2, 0.25) is 0 Å². The standard InChI is InChI=1S/C24H27N/c1-17-13-18(2)22(14-21(17)20-9-7-6-8-10-20)23-12-11-19(16-25-23)15-24(3,4)5/h6-14,16H,15H2,1-5H3/i1D3,15D2. The van der Waals surface area contributed by atoms with Crippen LogP contribution in [0.25, 0.3) is 22.4 Å². The molecule has 0 bridgehead atoms. The molecular formula is C24H27N. The second kappa shape index (κ2) is 6.84. The van der Waals surface area contributed by atoms with Gasteiger partial charge in [-0.3, -0.25) is 4.98 Å². The van der Waals surface area contributed by atoms with Gasteiger partial charge in [-0.25, -0.2) is 0 Å². The largest absolute Gasteiger partial charge is 0.256 e. The highest BCUT2D eigenvalue weighted by atomic mass is 14.7. The summed E-state index contributed by atoms with van der Waals surface area (Å²) >= 11 is 0. The molecular weight excluding hydrogens is 302 g/mol. The molecule has 0 spiro atoms. The van der Waals surface area contributed by atoms with Crippen LogP contribution in [0, 0.1) is 19.2 Å². The van der Waals surface area contributed by atoms with Crippen LogP contribution in [-0.2, 0) is 6.37 Å². The van der Waals surface area contributed by atoms with E-state index in [0.29, 0.717) is 22.4 Å². The van der Waals surface area contributed by atoms with Crippen LogP contribution in [0.4, 0.5) is 0 Å². The molecule has 0 saturated carbocycles. The van der Waals surface area contributed by atoms with Crippen molar-refractivity contribution in [2.45, 2.75) is 40.9 Å². The molecule has 0 unspecified atom stereocenters. The zero-order valence-electron chi connectivity index (χ0n) is 20.2. The Hall–Kier alpha value is -2.41. The predicted octanol–water partition coefficient (Wildman–Crippen LogP) is 6.62. The third-order valence-electron chi connectivity index (χ3n) is 4.01. The Morgan fingerprint density at radius 2 is 1.72 bits per heavy atom. The van der Waals surface area contributed by atoms with Crippen LogP contribution in [0.1, 0.15) is 44.3 Å². The summed E-state index contributed by atoms with van der Waals surface area (Å²) in [5.41, 5.74) is 4.13. The van der Waals surface area contributed by atoms with Crippen molar-refractivity contribution < 1.29 is 6.85 Å². The summed E-state index contributed by atoms with van der Waals surface area (Å²) < 4.78 is 40.8. The van der Waals surface area contributed by atoms with Gasteiger partial charge in [0.25, 0.3) is 0 Å². The van der Waals surface area contributed by atoms with Gasteiger partial charge in [-0.2, -0.15) is 0 Å². The fourth-order valence-electron chi connectivity index (χ4n) is 2.90. The van der Waals surface area contributed by atoms with E-state index in [1.165, 1.54) is 0 Å². The first-order valence-corrected chi connectivity index (χ1v) is 8.50. The van der Waals surface area contributed by atoms with Crippen LogP contribution in [0.3, 0.4) is 0 Å². The van der Waals surface area contributed by atoms with Crippen LogP contribution >= 0.6 is 0 Å². The lowest BCUT2D eigenvalue weighted by Gasteiger charge is -2.18. The van der Waals surface area contributed by atoms with Crippen LogP contribution in [0.5, 0.6) is 0 Å². The topological polar surface area (TPSA) is 12.9 Å². The number of rotatable bonds is 3. The Balaban J connectivity index is 2.13. The number of pyridine rings is 1. The van der Waals surface area contributed by atoms with E-state index in [9.17, 15) is 0 Å². The van der Waals surface area contributed by atoms with Crippen LogP contribution in [0.2, 0.25) is 0 Å². The Morgan fingerprint density at radius 1 is 0.960 bits per heavy atom. The maximum atomic E-state index is 8.44. The highest BCUT2D eigenvalue weighted by Gasteiger charge is 2.13. The molecule has 3 rings (SSSR count). The summed E-state index contributed by atoms with van der Waals surface area (Å²) in [7, 11) is 0. The van der Waals surface area contributed by atoms with Gasteiger partial charge in [-0.15, -0.1) is 0 Å². The third kappa shape index (κ3) is 4.17. The minimum Gasteiger partial charge on any atom is -0.256 e. The van der Waals surface area contributed by atoms with E-state index in [4.69, 9.17) is 6.85 Å². The normalized spacial score (nSPS) is 15.6. The molecule has 0 saturated heterocycles. The number of benzene rings is 2. The SMILES string of the molecule is [2H]C([2H])([2H])c1cc(C)c(-c2ccc(C([2H])([2H])C(C)(C)C)cn2)cc1-c1ccccc1. The summed E-state index contributed by atoms with van der Waals surface area (Å²) in [5.74, 6) is 0. The average Bonchev–Trinajstić information content (AvgIpc) is 2.67. The molecule has 0 fully saturated rings. The molecule has 1 heterocycles. The minimum atomic E-state index is -2.23. The van der Waals surface area contributed by atoms with Crippen molar-refractivity contribution in [2.75, 3.05) is 0 Å². The summed E-state index contributed by atoms with van der Waals surface area (Å²) in [5, 5.41) is 0. The molecule has 0 N–H and O–H groups in total. The van der Waals surface area contributed by atoms with Crippen molar-refractivity contribution in [1.82, 2.24) is 4.98 Å². The number of aromatic nitrogens is 1. The molecule has 0 radical (unpaired) electrons. The maximum Gasteiger partial charge on any atom is 0.0705 e. The van der Waals surface area contributed by atoms with E-state index < -0.39 is 18.6 Å². The highest BCUT2D eigenvalue weighted by Crippen LogP contribution is 2.31. The van der Waals surface area contributed by atoms with E-state index in [1.807, 2.05) is 70.2 Å². The quantitative estimate of drug-likeness (QED) is 0.524. The van der Waals surface area contributed by atoms with Crippen molar-refractivity contribution in [3.63, 3.8) is 0 Å². The van der Waals surface area contributed by atoms with E-state index in [0.717, 1.165) is 16.7 Å². The molecule has 0 atom stereocenters. The van der Waals surface area contributed by atoms with Crippen molar-refractivity contribution >= 4 is 0 Å². The first-order valence-electron chi connectivity index (χ1n) is 11.0. The van der Waals surface area contributed by atoms with E-state index in [2.05, 4.69) is 4.98 Å². The molecule has 0 aliphatic heterocycles. The molecule has 0 aliphatic rings. The first kappa shape index (κ1) is 12.0. The van der Waals surface area contributed by atoms with E-state index >= 15 is 0 Å². The minimum absolute atomic E-state index is 0.315. The van der Waals surface area contributed by atoms with Gasteiger partial charge in [0.1, 0.15) is 0 Å². The van der Waals surface area contributed by atoms with Crippen molar-refractivity contribution in [1.29, 1.82) is 0 Å². The fourth-order valence-corrected chi connectivity index (χ4v) is 2.90. The lowest BCUT2D eigenvalue weighted by molar-refractivity contribution is 0.411. The summed E-state index contributed by atoms with van der Waals surface area (Å²) in [6, 6.07) is 16.7. The molecule has 25 heavy (non-hydrogen) atoms. The van der Waals surface area contributed by atoms with Gasteiger partial charge in [0.15, 0.2) is 0 Å². The second-order valence-corrected chi connectivity index (χ2v) is 7.39. The molecule has 3 aromatic rings. The molecule has 1 aromatic heterocycles. The van der Waals surface area contributed by atoms with Gasteiger partial charge in [-0.1, -0.05) is 63.2 Å². The van der Waals surface area contributed by atoms with Gasteiger partial charge >= 0.3 is 0 Å². The predicted molar refractivity (Wildman–Crippen MR) is 108 cm³/mol. The molecule has 2 aromatic carbocycles. The summed E-state index contributed by atoms with van der Waals surface area (Å²) in [4.78, 5) is 4.54. The number of hydrogen-bond donors (Lipinski definition) is 0. The molecule has 1 heteroatoms. The summed E-state index contributed by atoms with van der Waals surface area (Å²) in [6.45, 7) is 5.25. The highest BCUT2D eigenvalue weighted by molar-refractivity contribution is 5.76. The lowest BCUT2D eigenvalue weighted by atomic mass is 9.88. The third-order valence-corrected chi connectivity index (χ3v) is 4.01. The zero-order chi connectivity index (χ0) is 22.3. The van der Waals surface area contributed by atoms with Crippen molar-refractivity contribution in [2.24, 2.45) is 5.41 Å². The van der Waals surface area contributed by atoms with Gasteiger partial charge in [0, 0.05) is 18.6 Å². The Morgan fingerprint density at radius 3 is 2.32 bits per heavy atom. The molecule has 1 nitrogen and oxygen atoms in total. The zero-order valence-corrected chi connectivity index (χ0v) is 15.2. The van der Waals surface area contributed by atoms with Gasteiger partial charge in [-0.05, 0) is 65.5 Å². The van der Waals surface area contributed by atoms with Crippen LogP contribution in [0.15, 0.2) is 60.8 Å². The van der Waals surface area contributed by atoms with Crippen molar-refractivity contribution in [3.05, 3.63) is 77.5 Å². The Kier molecular flexibility index (Phi) is 3.29. The lowest BCUT2D eigenvalue weighted by Crippen LogP contribution is -2.09. The average molecular weight is 335 g/mol. The second-order valence-electron chi connectivity index (χ2n) is 7.39. The van der Waals surface area contributed by atoms with Gasteiger partial charge < -0.3 is 0 Å². The van der Waals surface area contributed by atoms with Crippen molar-refractivity contribution in [3.8, 4) is 22.4 Å². The van der Waals surface area contributed by atoms with Crippen LogP contribution < -0.4 is 0 Å². The van der Waals surface area contributed by atoms with Gasteiger partial charge in [0.05, 0.1) is 5.69 Å². The monoisotopic (exact) mass is 334 g/mol. The smallest absolute Gasteiger partial charge is 0.0705 e. The Labute approximate surface area is 158 Å².